The minimum Gasteiger partial charge on any atom is -0.493 e. The van der Waals surface area contributed by atoms with Crippen molar-refractivity contribution < 1.29 is 9.47 Å². The Hall–Kier alpha value is -2.97. The van der Waals surface area contributed by atoms with Gasteiger partial charge in [0.25, 0.3) is 5.56 Å². The Morgan fingerprint density at radius 1 is 1.16 bits per heavy atom. The van der Waals surface area contributed by atoms with Crippen LogP contribution in [0.3, 0.4) is 0 Å². The van der Waals surface area contributed by atoms with Crippen molar-refractivity contribution in [2.24, 2.45) is 0 Å². The maximum absolute atomic E-state index is 12.8. The number of hydrogen-bond donors (Lipinski definition) is 0. The zero-order valence-electron chi connectivity index (χ0n) is 17.4. The predicted molar refractivity (Wildman–Crippen MR) is 127 cm³/mol. The van der Waals surface area contributed by atoms with Crippen LogP contribution in [0.15, 0.2) is 40.5 Å². The Balaban J connectivity index is 1.56. The monoisotopic (exact) mass is 453 g/mol. The molecular weight excluding hydrogens is 430 g/mol. The van der Waals surface area contributed by atoms with Gasteiger partial charge in [0.05, 0.1) is 18.2 Å². The molecule has 0 N–H and O–H groups in total. The fraction of sp³-hybridized carbons (Fsp3) is 0.261. The standard InChI is InChI=1S/C23H23N3O3S2/c1-3-4-5-12-29-18-10-8-16(14-19(18)28-2)15-20-22(27)26-23(31-20)24-21(25-26)11-9-17-7-6-13-30-17/h6-11,13-15H,3-5,12H2,1-2H3. The molecule has 31 heavy (non-hydrogen) atoms. The van der Waals surface area contributed by atoms with Crippen molar-refractivity contribution in [3.63, 3.8) is 0 Å². The van der Waals surface area contributed by atoms with Gasteiger partial charge in [0.15, 0.2) is 17.3 Å². The van der Waals surface area contributed by atoms with E-state index in [2.05, 4.69) is 17.0 Å². The van der Waals surface area contributed by atoms with E-state index in [1.165, 1.54) is 15.9 Å². The first-order valence-corrected chi connectivity index (χ1v) is 11.8. The van der Waals surface area contributed by atoms with Crippen molar-refractivity contribution in [2.45, 2.75) is 26.2 Å². The van der Waals surface area contributed by atoms with Gasteiger partial charge in [0.2, 0.25) is 4.96 Å². The second kappa shape index (κ2) is 9.89. The minimum absolute atomic E-state index is 0.179. The summed E-state index contributed by atoms with van der Waals surface area (Å²) >= 11 is 2.95. The molecule has 6 nitrogen and oxygen atoms in total. The second-order valence-corrected chi connectivity index (χ2v) is 8.88. The van der Waals surface area contributed by atoms with Gasteiger partial charge in [-0.25, -0.2) is 0 Å². The van der Waals surface area contributed by atoms with Gasteiger partial charge < -0.3 is 9.47 Å². The number of rotatable bonds is 9. The molecule has 4 rings (SSSR count). The number of unbranched alkanes of at least 4 members (excludes halogenated alkanes) is 2. The molecule has 0 unspecified atom stereocenters. The van der Waals surface area contributed by atoms with Gasteiger partial charge in [0.1, 0.15) is 0 Å². The number of methoxy groups -OCH3 is 1. The van der Waals surface area contributed by atoms with Gasteiger partial charge >= 0.3 is 0 Å². The average molecular weight is 454 g/mol. The predicted octanol–water partition coefficient (Wildman–Crippen LogP) is 4.51. The van der Waals surface area contributed by atoms with E-state index in [0.717, 1.165) is 29.7 Å². The van der Waals surface area contributed by atoms with Crippen LogP contribution in [-0.2, 0) is 0 Å². The van der Waals surface area contributed by atoms with Gasteiger partial charge in [-0.15, -0.1) is 16.4 Å². The van der Waals surface area contributed by atoms with E-state index in [9.17, 15) is 4.79 Å². The summed E-state index contributed by atoms with van der Waals surface area (Å²) in [7, 11) is 1.62. The van der Waals surface area contributed by atoms with E-state index >= 15 is 0 Å². The summed E-state index contributed by atoms with van der Waals surface area (Å²) in [5.74, 6) is 1.88. The lowest BCUT2D eigenvalue weighted by Crippen LogP contribution is -2.23. The van der Waals surface area contributed by atoms with Crippen LogP contribution in [0.25, 0.3) is 23.2 Å². The molecule has 0 saturated heterocycles. The van der Waals surface area contributed by atoms with Gasteiger partial charge in [-0.05, 0) is 53.8 Å². The third-order valence-electron chi connectivity index (χ3n) is 4.63. The van der Waals surface area contributed by atoms with Crippen molar-refractivity contribution in [1.29, 1.82) is 0 Å². The highest BCUT2D eigenvalue weighted by molar-refractivity contribution is 7.15. The molecule has 0 radical (unpaired) electrons. The lowest BCUT2D eigenvalue weighted by Gasteiger charge is -2.11. The fourth-order valence-corrected chi connectivity index (χ4v) is 4.57. The third kappa shape index (κ3) is 5.03. The van der Waals surface area contributed by atoms with E-state index in [0.29, 0.717) is 33.4 Å². The van der Waals surface area contributed by atoms with E-state index in [1.807, 2.05) is 53.9 Å². The topological polar surface area (TPSA) is 65.7 Å². The van der Waals surface area contributed by atoms with Crippen LogP contribution in [0.1, 0.15) is 42.5 Å². The number of nitrogens with zero attached hydrogens (tertiary/aromatic N) is 3. The van der Waals surface area contributed by atoms with Gasteiger partial charge in [0, 0.05) is 4.88 Å². The molecule has 0 bridgehead atoms. The smallest absolute Gasteiger partial charge is 0.291 e. The highest BCUT2D eigenvalue weighted by atomic mass is 32.1. The zero-order chi connectivity index (χ0) is 21.6. The maximum atomic E-state index is 12.8. The summed E-state index contributed by atoms with van der Waals surface area (Å²) in [5, 5.41) is 6.34. The van der Waals surface area contributed by atoms with E-state index in [-0.39, 0.29) is 5.56 Å². The normalized spacial score (nSPS) is 12.3. The Labute approximate surface area is 188 Å². The lowest BCUT2D eigenvalue weighted by atomic mass is 10.2. The molecular formula is C23H23N3O3S2. The maximum Gasteiger partial charge on any atom is 0.291 e. The van der Waals surface area contributed by atoms with Crippen LogP contribution in [0.5, 0.6) is 11.5 Å². The molecule has 0 aliphatic carbocycles. The molecule has 0 saturated carbocycles. The number of aromatic nitrogens is 3. The summed E-state index contributed by atoms with van der Waals surface area (Å²) in [5.41, 5.74) is 0.680. The molecule has 0 fully saturated rings. The number of ether oxygens (including phenoxy) is 2. The lowest BCUT2D eigenvalue weighted by molar-refractivity contribution is 0.286. The minimum atomic E-state index is -0.179. The molecule has 8 heteroatoms. The van der Waals surface area contributed by atoms with Crippen LogP contribution in [0.2, 0.25) is 0 Å². The van der Waals surface area contributed by atoms with E-state index < -0.39 is 0 Å². The molecule has 0 amide bonds. The van der Waals surface area contributed by atoms with Gasteiger partial charge in [-0.1, -0.05) is 43.2 Å². The number of thiophene rings is 1. The quantitative estimate of drug-likeness (QED) is 0.349. The molecule has 0 atom stereocenters. The first kappa shape index (κ1) is 21.3. The average Bonchev–Trinajstić information content (AvgIpc) is 3.50. The van der Waals surface area contributed by atoms with Crippen molar-refractivity contribution in [3.8, 4) is 11.5 Å². The molecule has 4 aromatic rings. The number of fused-ring (bicyclic) bond motifs is 1. The Bertz CT molecular complexity index is 1290. The zero-order valence-corrected chi connectivity index (χ0v) is 19.0. The van der Waals surface area contributed by atoms with Crippen LogP contribution in [0, 0.1) is 0 Å². The van der Waals surface area contributed by atoms with E-state index in [4.69, 9.17) is 9.47 Å². The van der Waals surface area contributed by atoms with Crippen molar-refractivity contribution in [3.05, 3.63) is 66.9 Å². The molecule has 3 heterocycles. The largest absolute Gasteiger partial charge is 0.493 e. The van der Waals surface area contributed by atoms with Crippen LogP contribution < -0.4 is 19.6 Å². The van der Waals surface area contributed by atoms with Crippen molar-refractivity contribution >= 4 is 45.9 Å². The van der Waals surface area contributed by atoms with Crippen molar-refractivity contribution in [1.82, 2.24) is 14.6 Å². The van der Waals surface area contributed by atoms with Crippen LogP contribution >= 0.6 is 22.7 Å². The summed E-state index contributed by atoms with van der Waals surface area (Å²) < 4.78 is 13.2. The highest BCUT2D eigenvalue weighted by Gasteiger charge is 2.10. The summed E-state index contributed by atoms with van der Waals surface area (Å²) in [6.45, 7) is 2.82. The first-order chi connectivity index (χ1) is 15.2. The summed E-state index contributed by atoms with van der Waals surface area (Å²) in [6, 6.07) is 9.68. The molecule has 1 aromatic carbocycles. The van der Waals surface area contributed by atoms with E-state index in [1.54, 1.807) is 18.4 Å². The molecule has 3 aromatic heterocycles. The van der Waals surface area contributed by atoms with Gasteiger partial charge in [-0.2, -0.15) is 9.50 Å². The van der Waals surface area contributed by atoms with Crippen LogP contribution in [0.4, 0.5) is 0 Å². The van der Waals surface area contributed by atoms with Crippen LogP contribution in [-0.4, -0.2) is 28.3 Å². The Kier molecular flexibility index (Phi) is 6.79. The number of hydrogen-bond acceptors (Lipinski definition) is 7. The Morgan fingerprint density at radius 2 is 2.06 bits per heavy atom. The molecule has 160 valence electrons. The van der Waals surface area contributed by atoms with Crippen molar-refractivity contribution in [2.75, 3.05) is 13.7 Å². The van der Waals surface area contributed by atoms with Gasteiger partial charge in [-0.3, -0.25) is 4.79 Å². The summed E-state index contributed by atoms with van der Waals surface area (Å²) in [4.78, 5) is 18.9. The number of benzene rings is 1. The number of thiazole rings is 1. The third-order valence-corrected chi connectivity index (χ3v) is 6.43. The first-order valence-electron chi connectivity index (χ1n) is 10.1. The fourth-order valence-electron chi connectivity index (χ4n) is 3.04. The summed E-state index contributed by atoms with van der Waals surface area (Å²) in [6.07, 6.45) is 8.89. The Morgan fingerprint density at radius 3 is 2.81 bits per heavy atom. The molecule has 0 spiro atoms. The SMILES string of the molecule is CCCCCOc1ccc(C=c2sc3nc(C=Cc4cccs4)nn3c2=O)cc1OC. The molecule has 0 aliphatic rings. The second-order valence-electron chi connectivity index (χ2n) is 6.89. The highest BCUT2D eigenvalue weighted by Crippen LogP contribution is 2.28. The molecule has 0 aliphatic heterocycles.